The molecular formula is C25H19F3N6O. The number of benzene rings is 2. The minimum absolute atomic E-state index is 0.0367. The highest BCUT2D eigenvalue weighted by molar-refractivity contribution is 6.05. The molecule has 0 radical (unpaired) electrons. The topological polar surface area (TPSA) is 110 Å². The van der Waals surface area contributed by atoms with Crippen molar-refractivity contribution in [1.82, 2.24) is 14.5 Å². The van der Waals surface area contributed by atoms with Crippen LogP contribution in [-0.4, -0.2) is 20.4 Å². The Labute approximate surface area is 198 Å². The second-order valence-corrected chi connectivity index (χ2v) is 7.77. The molecular weight excluding hydrogens is 457 g/mol. The van der Waals surface area contributed by atoms with Crippen LogP contribution < -0.4 is 11.1 Å². The Bertz CT molecular complexity index is 1440. The van der Waals surface area contributed by atoms with Gasteiger partial charge in [0.2, 0.25) is 0 Å². The SMILES string of the molecule is Cc1ccc(NC(=O)c2cc(-n3cnc(C#N)c3)cc(C(F)(F)F)c2)cc1-c1ccc(CN)nc1. The highest BCUT2D eigenvalue weighted by Gasteiger charge is 2.32. The fourth-order valence-electron chi connectivity index (χ4n) is 3.50. The maximum Gasteiger partial charge on any atom is 0.416 e. The lowest BCUT2D eigenvalue weighted by Crippen LogP contribution is -2.15. The summed E-state index contributed by atoms with van der Waals surface area (Å²) in [6, 6.07) is 13.7. The van der Waals surface area contributed by atoms with Crippen molar-refractivity contribution in [3.63, 3.8) is 0 Å². The molecule has 0 saturated carbocycles. The highest BCUT2D eigenvalue weighted by Crippen LogP contribution is 2.32. The first-order valence-electron chi connectivity index (χ1n) is 10.4. The van der Waals surface area contributed by atoms with Crippen molar-refractivity contribution in [2.75, 3.05) is 5.32 Å². The third-order valence-corrected chi connectivity index (χ3v) is 5.34. The first kappa shape index (κ1) is 23.7. The Morgan fingerprint density at radius 3 is 2.57 bits per heavy atom. The molecule has 0 unspecified atom stereocenters. The predicted molar refractivity (Wildman–Crippen MR) is 124 cm³/mol. The summed E-state index contributed by atoms with van der Waals surface area (Å²) in [7, 11) is 0. The predicted octanol–water partition coefficient (Wildman–Crippen LogP) is 4.84. The maximum atomic E-state index is 13.5. The lowest BCUT2D eigenvalue weighted by Gasteiger charge is -2.14. The Hall–Kier alpha value is -4.49. The molecule has 0 bridgehead atoms. The monoisotopic (exact) mass is 476 g/mol. The number of nitriles is 1. The van der Waals surface area contributed by atoms with E-state index in [0.717, 1.165) is 34.5 Å². The number of amides is 1. The molecule has 0 fully saturated rings. The molecule has 10 heteroatoms. The lowest BCUT2D eigenvalue weighted by atomic mass is 10.0. The second kappa shape index (κ2) is 9.40. The number of pyridine rings is 1. The van der Waals surface area contributed by atoms with E-state index in [-0.39, 0.29) is 16.9 Å². The molecule has 7 nitrogen and oxygen atoms in total. The number of nitrogens with two attached hydrogens (primary N) is 1. The third kappa shape index (κ3) is 5.20. The van der Waals surface area contributed by atoms with Gasteiger partial charge in [0, 0.05) is 41.4 Å². The maximum absolute atomic E-state index is 13.5. The third-order valence-electron chi connectivity index (χ3n) is 5.34. The summed E-state index contributed by atoms with van der Waals surface area (Å²) in [6.07, 6.45) is -0.501. The molecule has 35 heavy (non-hydrogen) atoms. The molecule has 4 rings (SSSR count). The number of halogens is 3. The Morgan fingerprint density at radius 2 is 1.94 bits per heavy atom. The number of hydrogen-bond acceptors (Lipinski definition) is 5. The van der Waals surface area contributed by atoms with Crippen LogP contribution in [0.5, 0.6) is 0 Å². The van der Waals surface area contributed by atoms with Crippen LogP contribution in [0.3, 0.4) is 0 Å². The number of aromatic nitrogens is 3. The summed E-state index contributed by atoms with van der Waals surface area (Å²) in [5, 5.41) is 11.6. The normalized spacial score (nSPS) is 11.2. The summed E-state index contributed by atoms with van der Waals surface area (Å²) in [4.78, 5) is 21.1. The van der Waals surface area contributed by atoms with Crippen molar-refractivity contribution in [3.8, 4) is 22.9 Å². The van der Waals surface area contributed by atoms with Crippen molar-refractivity contribution < 1.29 is 18.0 Å². The number of nitrogens with one attached hydrogen (secondary N) is 1. The van der Waals surface area contributed by atoms with E-state index in [1.807, 2.05) is 19.1 Å². The zero-order chi connectivity index (χ0) is 25.2. The van der Waals surface area contributed by atoms with Crippen molar-refractivity contribution in [2.24, 2.45) is 5.73 Å². The average molecular weight is 476 g/mol. The highest BCUT2D eigenvalue weighted by atomic mass is 19.4. The van der Waals surface area contributed by atoms with Crippen LogP contribution in [0.4, 0.5) is 18.9 Å². The van der Waals surface area contributed by atoms with E-state index in [4.69, 9.17) is 11.0 Å². The number of carbonyl (C=O) groups excluding carboxylic acids is 1. The zero-order valence-corrected chi connectivity index (χ0v) is 18.5. The molecule has 3 N–H and O–H groups in total. The van der Waals surface area contributed by atoms with Gasteiger partial charge in [-0.05, 0) is 54.4 Å². The number of hydrogen-bond donors (Lipinski definition) is 2. The molecule has 0 aliphatic rings. The molecule has 0 aliphatic carbocycles. The van der Waals surface area contributed by atoms with E-state index in [2.05, 4.69) is 15.3 Å². The van der Waals surface area contributed by atoms with Crippen molar-refractivity contribution >= 4 is 11.6 Å². The summed E-state index contributed by atoms with van der Waals surface area (Å²) in [5.74, 6) is -0.718. The standard InChI is InChI=1S/C25H19F3N6O/c1-15-2-4-19(9-23(15)16-3-5-20(10-29)31-12-16)33-24(35)17-6-18(25(26,27)28)8-22(7-17)34-13-21(11-30)32-14-34/h2-9,12-14H,10,29H2,1H3,(H,33,35). The molecule has 0 spiro atoms. The second-order valence-electron chi connectivity index (χ2n) is 7.77. The van der Waals surface area contributed by atoms with Crippen LogP contribution in [0.15, 0.2) is 67.3 Å². The minimum Gasteiger partial charge on any atom is -0.325 e. The first-order chi connectivity index (χ1) is 16.7. The van der Waals surface area contributed by atoms with Crippen LogP contribution in [0.1, 0.15) is 32.9 Å². The van der Waals surface area contributed by atoms with Gasteiger partial charge in [-0.15, -0.1) is 0 Å². The lowest BCUT2D eigenvalue weighted by molar-refractivity contribution is -0.137. The first-order valence-corrected chi connectivity index (χ1v) is 10.4. The molecule has 0 saturated heterocycles. The van der Waals surface area contributed by atoms with Crippen molar-refractivity contribution in [3.05, 3.63) is 95.3 Å². The number of nitrogens with zero attached hydrogens (tertiary/aromatic N) is 4. The van der Waals surface area contributed by atoms with E-state index in [0.29, 0.717) is 12.2 Å². The van der Waals surface area contributed by atoms with Crippen LogP contribution in [0, 0.1) is 18.3 Å². The van der Waals surface area contributed by atoms with Gasteiger partial charge in [-0.2, -0.15) is 18.4 Å². The van der Waals surface area contributed by atoms with Gasteiger partial charge < -0.3 is 15.6 Å². The molecule has 1 amide bonds. The van der Waals surface area contributed by atoms with Crippen molar-refractivity contribution in [1.29, 1.82) is 5.26 Å². The van der Waals surface area contributed by atoms with Gasteiger partial charge >= 0.3 is 6.18 Å². The Kier molecular flexibility index (Phi) is 6.36. The van der Waals surface area contributed by atoms with Crippen LogP contribution >= 0.6 is 0 Å². The number of imidazole rings is 1. The molecule has 4 aromatic rings. The van der Waals surface area contributed by atoms with Gasteiger partial charge in [0.1, 0.15) is 12.4 Å². The molecule has 0 aliphatic heterocycles. The van der Waals surface area contributed by atoms with Gasteiger partial charge in [0.25, 0.3) is 5.91 Å². The number of alkyl halides is 3. The number of carbonyl (C=O) groups is 1. The Balaban J connectivity index is 1.68. The number of anilines is 1. The van der Waals surface area contributed by atoms with Gasteiger partial charge in [-0.1, -0.05) is 12.1 Å². The van der Waals surface area contributed by atoms with E-state index in [9.17, 15) is 18.0 Å². The van der Waals surface area contributed by atoms with Gasteiger partial charge in [-0.25, -0.2) is 4.98 Å². The fraction of sp³-hybridized carbons (Fsp3) is 0.120. The van der Waals surface area contributed by atoms with E-state index in [1.165, 1.54) is 23.2 Å². The van der Waals surface area contributed by atoms with E-state index < -0.39 is 17.6 Å². The fourth-order valence-corrected chi connectivity index (χ4v) is 3.50. The number of rotatable bonds is 5. The Morgan fingerprint density at radius 1 is 1.14 bits per heavy atom. The summed E-state index contributed by atoms with van der Waals surface area (Å²) in [5.41, 5.74) is 8.18. The largest absolute Gasteiger partial charge is 0.416 e. The quantitative estimate of drug-likeness (QED) is 0.428. The molecule has 176 valence electrons. The molecule has 2 heterocycles. The van der Waals surface area contributed by atoms with Gasteiger partial charge in [0.05, 0.1) is 11.3 Å². The summed E-state index contributed by atoms with van der Waals surface area (Å²) in [6.45, 7) is 2.21. The smallest absolute Gasteiger partial charge is 0.325 e. The summed E-state index contributed by atoms with van der Waals surface area (Å²) >= 11 is 0. The molecule has 2 aromatic carbocycles. The number of aryl methyl sites for hydroxylation is 1. The van der Waals surface area contributed by atoms with Crippen LogP contribution in [-0.2, 0) is 12.7 Å². The van der Waals surface area contributed by atoms with Crippen LogP contribution in [0.2, 0.25) is 0 Å². The molecule has 2 aromatic heterocycles. The van der Waals surface area contributed by atoms with E-state index >= 15 is 0 Å². The molecule has 0 atom stereocenters. The van der Waals surface area contributed by atoms with Gasteiger partial charge in [-0.3, -0.25) is 9.78 Å². The van der Waals surface area contributed by atoms with E-state index in [1.54, 1.807) is 30.5 Å². The average Bonchev–Trinajstić information content (AvgIpc) is 3.34. The van der Waals surface area contributed by atoms with Crippen molar-refractivity contribution in [2.45, 2.75) is 19.6 Å². The van der Waals surface area contributed by atoms with Crippen LogP contribution in [0.25, 0.3) is 16.8 Å². The van der Waals surface area contributed by atoms with Gasteiger partial charge in [0.15, 0.2) is 5.69 Å². The zero-order valence-electron chi connectivity index (χ0n) is 18.5. The minimum atomic E-state index is -4.68. The summed E-state index contributed by atoms with van der Waals surface area (Å²) < 4.78 is 41.9.